The summed E-state index contributed by atoms with van der Waals surface area (Å²) in [6, 6.07) is 16.2. The molecule has 140 valence electrons. The van der Waals surface area contributed by atoms with E-state index in [-0.39, 0.29) is 24.0 Å². The van der Waals surface area contributed by atoms with Crippen molar-refractivity contribution in [2.45, 2.75) is 31.5 Å². The second kappa shape index (κ2) is 8.30. The van der Waals surface area contributed by atoms with E-state index in [2.05, 4.69) is 38.1 Å². The maximum absolute atomic E-state index is 9.47. The van der Waals surface area contributed by atoms with Crippen LogP contribution < -0.4 is 9.47 Å². The Morgan fingerprint density at radius 3 is 2.00 bits per heavy atom. The number of rotatable bonds is 9. The second-order valence-corrected chi connectivity index (χ2v) is 7.37. The van der Waals surface area contributed by atoms with Crippen molar-refractivity contribution in [1.82, 2.24) is 0 Å². The van der Waals surface area contributed by atoms with Gasteiger partial charge in [-0.25, -0.2) is 0 Å². The first-order chi connectivity index (χ1) is 12.5. The monoisotopic (exact) mass is 376 g/mol. The minimum Gasteiger partial charge on any atom is -0.491 e. The molecule has 0 spiro atoms. The molecule has 2 atom stereocenters. The highest BCUT2D eigenvalue weighted by Gasteiger charge is 2.24. The molecule has 0 aliphatic carbocycles. The van der Waals surface area contributed by atoms with E-state index in [0.29, 0.717) is 6.61 Å². The molecule has 1 aliphatic heterocycles. The lowest BCUT2D eigenvalue weighted by atomic mass is 9.78. The molecule has 1 aliphatic rings. The summed E-state index contributed by atoms with van der Waals surface area (Å²) in [5, 5.41) is 9.47. The summed E-state index contributed by atoms with van der Waals surface area (Å²) in [5.41, 5.74) is 2.24. The molecule has 0 bridgehead atoms. The van der Waals surface area contributed by atoms with E-state index >= 15 is 0 Å². The molecule has 2 aromatic rings. The third-order valence-corrected chi connectivity index (χ3v) is 4.97. The molecule has 1 N–H and O–H groups in total. The van der Waals surface area contributed by atoms with Gasteiger partial charge in [0, 0.05) is 5.41 Å². The standard InChI is InChI=1S/C21H25ClO4/c1-21(2,15-3-7-18(8-4-15)24-12-17(23)11-22)16-5-9-19(10-6-16)25-13-20-14-26-20/h3-10,17,20,23H,11-14H2,1-2H3/t17-,20+/m1/s1. The van der Waals surface area contributed by atoms with Crippen molar-refractivity contribution >= 4 is 11.6 Å². The normalized spacial score (nSPS) is 17.6. The van der Waals surface area contributed by atoms with Crippen molar-refractivity contribution in [3.8, 4) is 11.5 Å². The SMILES string of the molecule is CC(C)(c1ccc(OC[C@H](O)CCl)cc1)c1ccc(OC[C@H]2CO2)cc1. The Morgan fingerprint density at radius 2 is 1.54 bits per heavy atom. The van der Waals surface area contributed by atoms with Crippen LogP contribution in [0.15, 0.2) is 48.5 Å². The summed E-state index contributed by atoms with van der Waals surface area (Å²) in [6.07, 6.45) is -0.391. The Balaban J connectivity index is 1.64. The zero-order valence-electron chi connectivity index (χ0n) is 15.2. The Kier molecular flexibility index (Phi) is 6.07. The molecular weight excluding hydrogens is 352 g/mol. The van der Waals surface area contributed by atoms with E-state index in [4.69, 9.17) is 25.8 Å². The minimum atomic E-state index is -0.653. The fraction of sp³-hybridized carbons (Fsp3) is 0.429. The van der Waals surface area contributed by atoms with Gasteiger partial charge in [-0.3, -0.25) is 0 Å². The zero-order chi connectivity index (χ0) is 18.6. The maximum Gasteiger partial charge on any atom is 0.119 e. The van der Waals surface area contributed by atoms with Gasteiger partial charge in [0.25, 0.3) is 0 Å². The van der Waals surface area contributed by atoms with Gasteiger partial charge in [0.15, 0.2) is 0 Å². The van der Waals surface area contributed by atoms with Crippen LogP contribution in [-0.4, -0.2) is 43.0 Å². The van der Waals surface area contributed by atoms with Crippen LogP contribution in [0.1, 0.15) is 25.0 Å². The maximum atomic E-state index is 9.47. The van der Waals surface area contributed by atoms with E-state index in [1.165, 1.54) is 11.1 Å². The zero-order valence-corrected chi connectivity index (χ0v) is 15.9. The van der Waals surface area contributed by atoms with Crippen molar-refractivity contribution in [2.24, 2.45) is 0 Å². The van der Waals surface area contributed by atoms with Crippen molar-refractivity contribution in [3.63, 3.8) is 0 Å². The predicted molar refractivity (Wildman–Crippen MR) is 102 cm³/mol. The summed E-state index contributed by atoms with van der Waals surface area (Å²) in [4.78, 5) is 0. The van der Waals surface area contributed by atoms with Gasteiger partial charge in [-0.05, 0) is 35.4 Å². The fourth-order valence-corrected chi connectivity index (χ4v) is 2.78. The molecule has 0 saturated carbocycles. The average molecular weight is 377 g/mol. The molecule has 3 rings (SSSR count). The lowest BCUT2D eigenvalue weighted by molar-refractivity contribution is 0.125. The lowest BCUT2D eigenvalue weighted by Gasteiger charge is -2.26. The smallest absolute Gasteiger partial charge is 0.119 e. The molecule has 5 heteroatoms. The summed E-state index contributed by atoms with van der Waals surface area (Å²) in [7, 11) is 0. The molecule has 1 saturated heterocycles. The van der Waals surface area contributed by atoms with Crippen LogP contribution in [-0.2, 0) is 10.2 Å². The highest BCUT2D eigenvalue weighted by atomic mass is 35.5. The van der Waals surface area contributed by atoms with Crippen molar-refractivity contribution < 1.29 is 19.3 Å². The Morgan fingerprint density at radius 1 is 1.04 bits per heavy atom. The predicted octanol–water partition coefficient (Wildman–Crippen LogP) is 3.77. The molecule has 0 radical (unpaired) electrons. The van der Waals surface area contributed by atoms with Crippen LogP contribution in [0.5, 0.6) is 11.5 Å². The van der Waals surface area contributed by atoms with Crippen LogP contribution in [0, 0.1) is 0 Å². The lowest BCUT2D eigenvalue weighted by Crippen LogP contribution is -2.20. The third-order valence-electron chi connectivity index (χ3n) is 4.61. The first-order valence-electron chi connectivity index (χ1n) is 8.81. The van der Waals surface area contributed by atoms with Crippen molar-refractivity contribution in [2.75, 3.05) is 25.7 Å². The van der Waals surface area contributed by atoms with Gasteiger partial charge in [0.1, 0.15) is 36.9 Å². The second-order valence-electron chi connectivity index (χ2n) is 7.06. The summed E-state index contributed by atoms with van der Waals surface area (Å²) < 4.78 is 16.4. The van der Waals surface area contributed by atoms with E-state index in [0.717, 1.165) is 18.1 Å². The molecular formula is C21H25ClO4. The molecule has 4 nitrogen and oxygen atoms in total. The first-order valence-corrected chi connectivity index (χ1v) is 9.35. The average Bonchev–Trinajstić information content (AvgIpc) is 3.49. The minimum absolute atomic E-state index is 0.147. The molecule has 0 amide bonds. The highest BCUT2D eigenvalue weighted by Crippen LogP contribution is 2.33. The van der Waals surface area contributed by atoms with Gasteiger partial charge < -0.3 is 19.3 Å². The number of epoxide rings is 1. The van der Waals surface area contributed by atoms with Crippen molar-refractivity contribution in [3.05, 3.63) is 59.7 Å². The Bertz CT molecular complexity index is 693. The van der Waals surface area contributed by atoms with Crippen molar-refractivity contribution in [1.29, 1.82) is 0 Å². The van der Waals surface area contributed by atoms with Gasteiger partial charge in [-0.2, -0.15) is 0 Å². The molecule has 1 fully saturated rings. The summed E-state index contributed by atoms with van der Waals surface area (Å²) in [6.45, 7) is 5.99. The number of aliphatic hydroxyl groups is 1. The Labute approximate surface area is 159 Å². The molecule has 26 heavy (non-hydrogen) atoms. The van der Waals surface area contributed by atoms with Gasteiger partial charge in [0.05, 0.1) is 12.5 Å². The number of ether oxygens (including phenoxy) is 3. The van der Waals surface area contributed by atoms with Crippen LogP contribution in [0.3, 0.4) is 0 Å². The van der Waals surface area contributed by atoms with Crippen LogP contribution >= 0.6 is 11.6 Å². The van der Waals surface area contributed by atoms with E-state index in [9.17, 15) is 5.11 Å². The van der Waals surface area contributed by atoms with E-state index < -0.39 is 6.10 Å². The number of alkyl halides is 1. The molecule has 2 aromatic carbocycles. The largest absolute Gasteiger partial charge is 0.491 e. The molecule has 1 heterocycles. The fourth-order valence-electron chi connectivity index (χ4n) is 2.69. The van der Waals surface area contributed by atoms with Crippen LogP contribution in [0.4, 0.5) is 0 Å². The number of benzene rings is 2. The Hall–Kier alpha value is -1.75. The topological polar surface area (TPSA) is 51.2 Å². The quantitative estimate of drug-likeness (QED) is 0.534. The number of hydrogen-bond donors (Lipinski definition) is 1. The third kappa shape index (κ3) is 4.91. The highest BCUT2D eigenvalue weighted by molar-refractivity contribution is 6.18. The van der Waals surface area contributed by atoms with Gasteiger partial charge >= 0.3 is 0 Å². The first kappa shape index (κ1) is 19.0. The summed E-state index contributed by atoms with van der Waals surface area (Å²) in [5.74, 6) is 1.75. The van der Waals surface area contributed by atoms with Crippen LogP contribution in [0.2, 0.25) is 0 Å². The van der Waals surface area contributed by atoms with Gasteiger partial charge in [-0.1, -0.05) is 38.1 Å². The van der Waals surface area contributed by atoms with E-state index in [1.807, 2.05) is 24.3 Å². The van der Waals surface area contributed by atoms with Crippen LogP contribution in [0.25, 0.3) is 0 Å². The number of hydrogen-bond acceptors (Lipinski definition) is 4. The summed E-state index contributed by atoms with van der Waals surface area (Å²) >= 11 is 5.58. The molecule has 0 unspecified atom stereocenters. The number of halogens is 1. The number of aliphatic hydroxyl groups excluding tert-OH is 1. The van der Waals surface area contributed by atoms with Gasteiger partial charge in [-0.15, -0.1) is 11.6 Å². The molecule has 0 aromatic heterocycles. The van der Waals surface area contributed by atoms with Gasteiger partial charge in [0.2, 0.25) is 0 Å². The van der Waals surface area contributed by atoms with E-state index in [1.54, 1.807) is 0 Å².